The number of anilines is 4. The molecule has 0 aliphatic rings. The summed E-state index contributed by atoms with van der Waals surface area (Å²) in [7, 11) is 0. The molecule has 0 saturated heterocycles. The van der Waals surface area contributed by atoms with Gasteiger partial charge in [-0.3, -0.25) is 0 Å². The number of rotatable bonds is 5. The third-order valence-corrected chi connectivity index (χ3v) is 3.66. The molecule has 0 spiro atoms. The van der Waals surface area contributed by atoms with Gasteiger partial charge in [-0.05, 0) is 43.2 Å². The van der Waals surface area contributed by atoms with Crippen LogP contribution >= 0.6 is 0 Å². The average molecular weight is 340 g/mol. The molecule has 128 valence electrons. The number of hydrogen-bond acceptors (Lipinski definition) is 4. The molecule has 1 aromatic heterocycles. The predicted octanol–water partition coefficient (Wildman–Crippen LogP) is 5.11. The molecule has 0 bridgehead atoms. The van der Waals surface area contributed by atoms with Gasteiger partial charge in [-0.2, -0.15) is 4.98 Å². The Morgan fingerprint density at radius 2 is 1.56 bits per heavy atom. The third-order valence-electron chi connectivity index (χ3n) is 3.66. The van der Waals surface area contributed by atoms with Gasteiger partial charge in [0, 0.05) is 29.2 Å². The lowest BCUT2D eigenvalue weighted by atomic mass is 10.1. The molecule has 0 unspecified atom stereocenters. The Balaban J connectivity index is 1.80. The van der Waals surface area contributed by atoms with Gasteiger partial charge in [0.1, 0.15) is 5.82 Å². The lowest BCUT2D eigenvalue weighted by Gasteiger charge is -2.10. The van der Waals surface area contributed by atoms with Crippen LogP contribution in [0.2, 0.25) is 0 Å². The summed E-state index contributed by atoms with van der Waals surface area (Å²) >= 11 is 0. The SMILES string of the molecule is CCc1ccc(Nc2cc(C)nc(Nc3ccc(F)c(F)c3)n2)cc1. The van der Waals surface area contributed by atoms with E-state index in [1.807, 2.05) is 25.1 Å². The summed E-state index contributed by atoms with van der Waals surface area (Å²) in [5.74, 6) is -0.902. The van der Waals surface area contributed by atoms with Crippen LogP contribution in [0.25, 0.3) is 0 Å². The van der Waals surface area contributed by atoms with Crippen molar-refractivity contribution in [3.63, 3.8) is 0 Å². The van der Waals surface area contributed by atoms with Crippen LogP contribution in [-0.4, -0.2) is 9.97 Å². The van der Waals surface area contributed by atoms with Crippen molar-refractivity contribution >= 4 is 23.1 Å². The van der Waals surface area contributed by atoms with Crippen molar-refractivity contribution in [1.29, 1.82) is 0 Å². The minimum absolute atomic E-state index is 0.304. The molecule has 0 aliphatic heterocycles. The summed E-state index contributed by atoms with van der Waals surface area (Å²) in [6.07, 6.45) is 0.981. The van der Waals surface area contributed by atoms with E-state index in [1.165, 1.54) is 11.6 Å². The van der Waals surface area contributed by atoms with Crippen molar-refractivity contribution in [2.75, 3.05) is 10.6 Å². The molecule has 0 aliphatic carbocycles. The highest BCUT2D eigenvalue weighted by Crippen LogP contribution is 2.21. The van der Waals surface area contributed by atoms with E-state index in [4.69, 9.17) is 0 Å². The smallest absolute Gasteiger partial charge is 0.229 e. The molecule has 3 rings (SSSR count). The zero-order valence-corrected chi connectivity index (χ0v) is 14.0. The van der Waals surface area contributed by atoms with Crippen molar-refractivity contribution in [3.05, 3.63) is 71.4 Å². The van der Waals surface area contributed by atoms with Gasteiger partial charge in [0.05, 0.1) is 0 Å². The van der Waals surface area contributed by atoms with E-state index >= 15 is 0 Å². The van der Waals surface area contributed by atoms with Gasteiger partial charge in [-0.1, -0.05) is 19.1 Å². The number of nitrogens with zero attached hydrogens (tertiary/aromatic N) is 2. The van der Waals surface area contributed by atoms with Gasteiger partial charge in [-0.15, -0.1) is 0 Å². The molecular weight excluding hydrogens is 322 g/mol. The molecule has 0 radical (unpaired) electrons. The van der Waals surface area contributed by atoms with E-state index < -0.39 is 11.6 Å². The lowest BCUT2D eigenvalue weighted by Crippen LogP contribution is -2.03. The van der Waals surface area contributed by atoms with Crippen molar-refractivity contribution in [3.8, 4) is 0 Å². The first-order chi connectivity index (χ1) is 12.0. The van der Waals surface area contributed by atoms with Gasteiger partial charge in [-0.25, -0.2) is 13.8 Å². The second-order valence-electron chi connectivity index (χ2n) is 5.65. The minimum atomic E-state index is -0.924. The Kier molecular flexibility index (Phi) is 4.88. The lowest BCUT2D eigenvalue weighted by molar-refractivity contribution is 0.509. The molecule has 0 fully saturated rings. The van der Waals surface area contributed by atoms with Crippen molar-refractivity contribution in [1.82, 2.24) is 9.97 Å². The fourth-order valence-corrected chi connectivity index (χ4v) is 2.36. The maximum atomic E-state index is 13.3. The van der Waals surface area contributed by atoms with Crippen LogP contribution in [0.4, 0.5) is 31.9 Å². The number of aromatic nitrogens is 2. The summed E-state index contributed by atoms with van der Waals surface area (Å²) in [5, 5.41) is 6.11. The molecule has 4 nitrogen and oxygen atoms in total. The maximum Gasteiger partial charge on any atom is 0.229 e. The number of aryl methyl sites for hydroxylation is 2. The number of halogens is 2. The molecule has 3 aromatic rings. The number of nitrogens with one attached hydrogen (secondary N) is 2. The zero-order valence-electron chi connectivity index (χ0n) is 14.0. The third kappa shape index (κ3) is 4.29. The number of hydrogen-bond donors (Lipinski definition) is 2. The van der Waals surface area contributed by atoms with Crippen LogP contribution in [0, 0.1) is 18.6 Å². The second-order valence-corrected chi connectivity index (χ2v) is 5.65. The first-order valence-electron chi connectivity index (χ1n) is 7.97. The predicted molar refractivity (Wildman–Crippen MR) is 95.5 cm³/mol. The summed E-state index contributed by atoms with van der Waals surface area (Å²) in [5.41, 5.74) is 3.29. The average Bonchev–Trinajstić information content (AvgIpc) is 2.58. The van der Waals surface area contributed by atoms with Crippen LogP contribution < -0.4 is 10.6 Å². The van der Waals surface area contributed by atoms with Gasteiger partial charge >= 0.3 is 0 Å². The van der Waals surface area contributed by atoms with Crippen molar-refractivity contribution in [2.24, 2.45) is 0 Å². The fourth-order valence-electron chi connectivity index (χ4n) is 2.36. The van der Waals surface area contributed by atoms with Crippen LogP contribution in [0.5, 0.6) is 0 Å². The molecule has 25 heavy (non-hydrogen) atoms. The Morgan fingerprint density at radius 3 is 2.24 bits per heavy atom. The van der Waals surface area contributed by atoms with E-state index in [0.29, 0.717) is 17.5 Å². The topological polar surface area (TPSA) is 49.8 Å². The summed E-state index contributed by atoms with van der Waals surface area (Å²) in [6.45, 7) is 3.94. The van der Waals surface area contributed by atoms with Crippen LogP contribution in [0.15, 0.2) is 48.5 Å². The van der Waals surface area contributed by atoms with Crippen LogP contribution in [-0.2, 0) is 6.42 Å². The van der Waals surface area contributed by atoms with E-state index in [9.17, 15) is 8.78 Å². The summed E-state index contributed by atoms with van der Waals surface area (Å²) in [4.78, 5) is 8.64. The maximum absolute atomic E-state index is 13.3. The van der Waals surface area contributed by atoms with Gasteiger partial charge in [0.2, 0.25) is 5.95 Å². The largest absolute Gasteiger partial charge is 0.340 e. The Hall–Kier alpha value is -3.02. The molecule has 0 atom stereocenters. The monoisotopic (exact) mass is 340 g/mol. The first kappa shape index (κ1) is 16.8. The molecule has 0 saturated carbocycles. The van der Waals surface area contributed by atoms with Crippen LogP contribution in [0.3, 0.4) is 0 Å². The van der Waals surface area contributed by atoms with E-state index in [0.717, 1.165) is 29.9 Å². The minimum Gasteiger partial charge on any atom is -0.340 e. The summed E-state index contributed by atoms with van der Waals surface area (Å²) in [6, 6.07) is 13.4. The van der Waals surface area contributed by atoms with E-state index in [2.05, 4.69) is 39.7 Å². The highest BCUT2D eigenvalue weighted by atomic mass is 19.2. The van der Waals surface area contributed by atoms with Crippen LogP contribution in [0.1, 0.15) is 18.2 Å². The molecule has 1 heterocycles. The molecule has 0 amide bonds. The Labute approximate surface area is 145 Å². The van der Waals surface area contributed by atoms with Crippen molar-refractivity contribution < 1.29 is 8.78 Å². The van der Waals surface area contributed by atoms with Crippen molar-refractivity contribution in [2.45, 2.75) is 20.3 Å². The number of benzene rings is 2. The first-order valence-corrected chi connectivity index (χ1v) is 7.97. The van der Waals surface area contributed by atoms with Gasteiger partial charge in [0.25, 0.3) is 0 Å². The normalized spacial score (nSPS) is 10.6. The highest BCUT2D eigenvalue weighted by molar-refractivity contribution is 5.60. The molecule has 2 N–H and O–H groups in total. The quantitative estimate of drug-likeness (QED) is 0.677. The van der Waals surface area contributed by atoms with Gasteiger partial charge < -0.3 is 10.6 Å². The second kappa shape index (κ2) is 7.25. The molecule has 6 heteroatoms. The molecule has 2 aromatic carbocycles. The summed E-state index contributed by atoms with van der Waals surface area (Å²) < 4.78 is 26.3. The molecular formula is C19H18F2N4. The van der Waals surface area contributed by atoms with Gasteiger partial charge in [0.15, 0.2) is 11.6 Å². The van der Waals surface area contributed by atoms with E-state index in [-0.39, 0.29) is 0 Å². The standard InChI is InChI=1S/C19H18F2N4/c1-3-13-4-6-14(7-5-13)23-18-10-12(2)22-19(25-18)24-15-8-9-16(20)17(21)11-15/h4-11H,3H2,1-2H3,(H2,22,23,24,25). The zero-order chi connectivity index (χ0) is 17.8. The Morgan fingerprint density at radius 1 is 0.840 bits per heavy atom. The highest BCUT2D eigenvalue weighted by Gasteiger charge is 2.06. The van der Waals surface area contributed by atoms with E-state index in [1.54, 1.807) is 0 Å². The fraction of sp³-hybridized carbons (Fsp3) is 0.158. The Bertz CT molecular complexity index is 879.